The number of alkyl halides is 3. The lowest BCUT2D eigenvalue weighted by molar-refractivity contribution is -0.137. The van der Waals surface area contributed by atoms with Crippen LogP contribution in [0.2, 0.25) is 0 Å². The van der Waals surface area contributed by atoms with Crippen molar-refractivity contribution in [3.05, 3.63) is 42.4 Å². The molecule has 1 aliphatic rings. The predicted octanol–water partition coefficient (Wildman–Crippen LogP) is 3.63. The molecule has 0 spiro atoms. The van der Waals surface area contributed by atoms with E-state index in [9.17, 15) is 18.0 Å². The molecule has 146 valence electrons. The SMILES string of the molecule is Nc1ncc(-c2ccc3nc(NC(=O)N4CCCC4)cn3c2)cc1C(F)(F)F. The summed E-state index contributed by atoms with van der Waals surface area (Å²) in [5, 5.41) is 2.75. The van der Waals surface area contributed by atoms with Crippen molar-refractivity contribution >= 4 is 23.3 Å². The average molecular weight is 390 g/mol. The Morgan fingerprint density at radius 3 is 2.61 bits per heavy atom. The Hall–Kier alpha value is -3.30. The largest absolute Gasteiger partial charge is 0.419 e. The Kier molecular flexibility index (Phi) is 4.33. The summed E-state index contributed by atoms with van der Waals surface area (Å²) in [7, 11) is 0. The zero-order chi connectivity index (χ0) is 19.9. The maximum atomic E-state index is 13.1. The highest BCUT2D eigenvalue weighted by Crippen LogP contribution is 2.35. The van der Waals surface area contributed by atoms with Gasteiger partial charge >= 0.3 is 12.2 Å². The number of amides is 2. The highest BCUT2D eigenvalue weighted by atomic mass is 19.4. The van der Waals surface area contributed by atoms with Gasteiger partial charge in [0.1, 0.15) is 11.5 Å². The van der Waals surface area contributed by atoms with Gasteiger partial charge in [-0.3, -0.25) is 5.32 Å². The van der Waals surface area contributed by atoms with Gasteiger partial charge in [0.2, 0.25) is 0 Å². The van der Waals surface area contributed by atoms with E-state index < -0.39 is 17.6 Å². The Bertz CT molecular complexity index is 1040. The van der Waals surface area contributed by atoms with E-state index in [2.05, 4.69) is 15.3 Å². The topological polar surface area (TPSA) is 88.5 Å². The molecule has 0 aromatic carbocycles. The van der Waals surface area contributed by atoms with E-state index in [-0.39, 0.29) is 11.6 Å². The molecular formula is C18H17F3N6O. The lowest BCUT2D eigenvalue weighted by atomic mass is 10.1. The Morgan fingerprint density at radius 1 is 1.14 bits per heavy atom. The normalized spacial score (nSPS) is 14.6. The van der Waals surface area contributed by atoms with Crippen molar-refractivity contribution in [1.82, 2.24) is 19.3 Å². The summed E-state index contributed by atoms with van der Waals surface area (Å²) in [5.41, 5.74) is 5.72. The van der Waals surface area contributed by atoms with Gasteiger partial charge in [-0.2, -0.15) is 13.2 Å². The first kappa shape index (κ1) is 18.1. The number of nitrogen functional groups attached to an aromatic ring is 1. The van der Waals surface area contributed by atoms with Crippen LogP contribution in [-0.2, 0) is 6.18 Å². The molecule has 2 amide bonds. The molecule has 3 aromatic rings. The number of carbonyl (C=O) groups is 1. The number of halogens is 3. The van der Waals surface area contributed by atoms with Crippen molar-refractivity contribution in [3.8, 4) is 11.1 Å². The summed E-state index contributed by atoms with van der Waals surface area (Å²) in [6, 6.07) is 4.06. The smallest absolute Gasteiger partial charge is 0.383 e. The van der Waals surface area contributed by atoms with Crippen LogP contribution in [0.3, 0.4) is 0 Å². The Labute approximate surface area is 158 Å². The van der Waals surface area contributed by atoms with Crippen LogP contribution >= 0.6 is 0 Å². The molecule has 28 heavy (non-hydrogen) atoms. The molecule has 0 atom stereocenters. The number of carbonyl (C=O) groups excluding carboxylic acids is 1. The minimum Gasteiger partial charge on any atom is -0.383 e. The molecular weight excluding hydrogens is 373 g/mol. The van der Waals surface area contributed by atoms with Crippen molar-refractivity contribution in [3.63, 3.8) is 0 Å². The van der Waals surface area contributed by atoms with Crippen LogP contribution in [0, 0.1) is 0 Å². The van der Waals surface area contributed by atoms with Crippen LogP contribution in [0.25, 0.3) is 16.8 Å². The minimum atomic E-state index is -4.58. The van der Waals surface area contributed by atoms with E-state index in [4.69, 9.17) is 5.73 Å². The van der Waals surface area contributed by atoms with E-state index in [1.165, 1.54) is 6.20 Å². The fourth-order valence-corrected chi connectivity index (χ4v) is 3.19. The second-order valence-electron chi connectivity index (χ2n) is 6.59. The number of aromatic nitrogens is 3. The molecule has 0 aliphatic carbocycles. The molecule has 3 aromatic heterocycles. The monoisotopic (exact) mass is 390 g/mol. The molecule has 0 saturated carbocycles. The van der Waals surface area contributed by atoms with Crippen molar-refractivity contribution in [2.45, 2.75) is 19.0 Å². The number of pyridine rings is 2. The van der Waals surface area contributed by atoms with Gasteiger partial charge in [-0.25, -0.2) is 14.8 Å². The number of imidazole rings is 1. The van der Waals surface area contributed by atoms with Gasteiger partial charge in [-0.1, -0.05) is 0 Å². The lowest BCUT2D eigenvalue weighted by Gasteiger charge is -2.14. The third kappa shape index (κ3) is 3.45. The second-order valence-corrected chi connectivity index (χ2v) is 6.59. The first-order valence-electron chi connectivity index (χ1n) is 8.69. The van der Waals surface area contributed by atoms with Gasteiger partial charge in [0.25, 0.3) is 0 Å². The molecule has 4 heterocycles. The van der Waals surface area contributed by atoms with E-state index in [0.29, 0.717) is 17.0 Å². The maximum Gasteiger partial charge on any atom is 0.419 e. The zero-order valence-electron chi connectivity index (χ0n) is 14.7. The number of nitrogens with two attached hydrogens (primary N) is 1. The van der Waals surface area contributed by atoms with Crippen LogP contribution < -0.4 is 11.1 Å². The van der Waals surface area contributed by atoms with Gasteiger partial charge in [0.15, 0.2) is 5.82 Å². The van der Waals surface area contributed by atoms with Gasteiger partial charge in [0.05, 0.1) is 11.8 Å². The maximum absolute atomic E-state index is 13.1. The summed E-state index contributed by atoms with van der Waals surface area (Å²) in [5.74, 6) is -0.188. The number of urea groups is 1. The zero-order valence-corrected chi connectivity index (χ0v) is 14.7. The van der Waals surface area contributed by atoms with Gasteiger partial charge in [-0.15, -0.1) is 0 Å². The third-order valence-corrected chi connectivity index (χ3v) is 4.64. The van der Waals surface area contributed by atoms with Crippen LogP contribution in [0.15, 0.2) is 36.8 Å². The van der Waals surface area contributed by atoms with E-state index >= 15 is 0 Å². The summed E-state index contributed by atoms with van der Waals surface area (Å²) in [4.78, 5) is 21.9. The van der Waals surface area contributed by atoms with Crippen molar-refractivity contribution < 1.29 is 18.0 Å². The predicted molar refractivity (Wildman–Crippen MR) is 97.7 cm³/mol. The first-order valence-corrected chi connectivity index (χ1v) is 8.69. The highest BCUT2D eigenvalue weighted by molar-refractivity contribution is 5.88. The second kappa shape index (κ2) is 6.70. The summed E-state index contributed by atoms with van der Waals surface area (Å²) >= 11 is 0. The summed E-state index contributed by atoms with van der Waals surface area (Å²) in [6.45, 7) is 1.43. The van der Waals surface area contributed by atoms with E-state index in [1.807, 2.05) is 0 Å². The van der Waals surface area contributed by atoms with Gasteiger partial charge in [0, 0.05) is 36.6 Å². The number of likely N-dealkylation sites (tertiary alicyclic amines) is 1. The molecule has 3 N–H and O–H groups in total. The standard InChI is InChI=1S/C18H17F3N6O/c19-18(20,21)13-7-12(8-23-16(13)22)11-3-4-15-24-14(10-27(15)9-11)25-17(28)26-5-1-2-6-26/h3-4,7-10H,1-2,5-6H2,(H2,22,23)(H,25,28). The van der Waals surface area contributed by atoms with Crippen molar-refractivity contribution in [1.29, 1.82) is 0 Å². The number of nitrogens with one attached hydrogen (secondary N) is 1. The fraction of sp³-hybridized carbons (Fsp3) is 0.278. The molecule has 7 nitrogen and oxygen atoms in total. The molecule has 4 rings (SSSR count). The molecule has 0 bridgehead atoms. The Balaban J connectivity index is 1.62. The van der Waals surface area contributed by atoms with Crippen LogP contribution in [-0.4, -0.2) is 38.4 Å². The fourth-order valence-electron chi connectivity index (χ4n) is 3.19. The number of nitrogens with zero attached hydrogens (tertiary/aromatic N) is 4. The molecule has 1 fully saturated rings. The summed E-state index contributed by atoms with van der Waals surface area (Å²) < 4.78 is 40.9. The molecule has 1 saturated heterocycles. The van der Waals surface area contributed by atoms with Crippen molar-refractivity contribution in [2.24, 2.45) is 0 Å². The van der Waals surface area contributed by atoms with Crippen LogP contribution in [0.4, 0.5) is 29.6 Å². The van der Waals surface area contributed by atoms with Crippen LogP contribution in [0.1, 0.15) is 18.4 Å². The number of hydrogen-bond donors (Lipinski definition) is 2. The minimum absolute atomic E-state index is 0.210. The molecule has 10 heteroatoms. The van der Waals surface area contributed by atoms with Gasteiger partial charge in [-0.05, 0) is 31.0 Å². The lowest BCUT2D eigenvalue weighted by Crippen LogP contribution is -2.32. The molecule has 0 unspecified atom stereocenters. The number of anilines is 2. The van der Waals surface area contributed by atoms with Crippen LogP contribution in [0.5, 0.6) is 0 Å². The quantitative estimate of drug-likeness (QED) is 0.699. The molecule has 0 radical (unpaired) electrons. The van der Waals surface area contributed by atoms with Crippen molar-refractivity contribution in [2.75, 3.05) is 24.1 Å². The number of fused-ring (bicyclic) bond motifs is 1. The first-order chi connectivity index (χ1) is 13.3. The number of rotatable bonds is 2. The van der Waals surface area contributed by atoms with E-state index in [1.54, 1.807) is 33.8 Å². The molecule has 1 aliphatic heterocycles. The number of hydrogen-bond acceptors (Lipinski definition) is 4. The third-order valence-electron chi connectivity index (χ3n) is 4.64. The highest BCUT2D eigenvalue weighted by Gasteiger charge is 2.34. The van der Waals surface area contributed by atoms with Gasteiger partial charge < -0.3 is 15.0 Å². The Morgan fingerprint density at radius 2 is 1.89 bits per heavy atom. The average Bonchev–Trinajstić information content (AvgIpc) is 3.30. The summed E-state index contributed by atoms with van der Waals surface area (Å²) in [6.07, 6.45) is 1.91. The van der Waals surface area contributed by atoms with E-state index in [0.717, 1.165) is 32.0 Å².